The number of hydrogen-bond donors (Lipinski definition) is 0. The summed E-state index contributed by atoms with van der Waals surface area (Å²) in [6.45, 7) is -1.16. The number of halogens is 3. The van der Waals surface area contributed by atoms with E-state index in [0.29, 0.717) is 9.13 Å². The second-order valence-electron chi connectivity index (χ2n) is 3.37. The van der Waals surface area contributed by atoms with Crippen LogP contribution in [-0.2, 0) is 16.0 Å². The quantitative estimate of drug-likeness (QED) is 0.582. The smallest absolute Gasteiger partial charge is 0.387 e. The van der Waals surface area contributed by atoms with Crippen molar-refractivity contribution in [3.05, 3.63) is 26.8 Å². The molecule has 0 N–H and O–H groups in total. The number of alkyl halides is 2. The van der Waals surface area contributed by atoms with E-state index in [-0.39, 0.29) is 24.3 Å². The molecule has 4 nitrogen and oxygen atoms in total. The van der Waals surface area contributed by atoms with E-state index in [0.717, 1.165) is 0 Å². The number of ether oxygens (including phenoxy) is 2. The van der Waals surface area contributed by atoms with Gasteiger partial charge in [0.25, 0.3) is 0 Å². The molecule has 0 saturated heterocycles. The number of nitrogens with zero attached hydrogens (tertiary/aromatic N) is 1. The molecule has 1 aromatic carbocycles. The Morgan fingerprint density at radius 3 is 2.74 bits per heavy atom. The zero-order chi connectivity index (χ0) is 14.4. The van der Waals surface area contributed by atoms with Crippen LogP contribution in [0.5, 0.6) is 5.75 Å². The molecule has 0 fully saturated rings. The topological polar surface area (TPSA) is 59.3 Å². The SMILES string of the molecule is CCOC(=O)Cc1c(I)ccc(OC(F)F)c1C#N. The molecule has 0 aliphatic rings. The summed E-state index contributed by atoms with van der Waals surface area (Å²) < 4.78 is 34.1. The maximum Gasteiger partial charge on any atom is 0.387 e. The van der Waals surface area contributed by atoms with Crippen molar-refractivity contribution in [2.45, 2.75) is 20.0 Å². The van der Waals surface area contributed by atoms with Crippen molar-refractivity contribution < 1.29 is 23.0 Å². The summed E-state index contributed by atoms with van der Waals surface area (Å²) in [5.41, 5.74) is 0.264. The fraction of sp³-hybridized carbons (Fsp3) is 0.333. The van der Waals surface area contributed by atoms with Crippen LogP contribution < -0.4 is 4.74 Å². The van der Waals surface area contributed by atoms with Crippen LogP contribution in [0.3, 0.4) is 0 Å². The van der Waals surface area contributed by atoms with Crippen LogP contribution in [0.4, 0.5) is 8.78 Å². The largest absolute Gasteiger partial charge is 0.466 e. The van der Waals surface area contributed by atoms with Gasteiger partial charge in [0.1, 0.15) is 11.8 Å². The maximum atomic E-state index is 12.2. The number of rotatable bonds is 5. The summed E-state index contributed by atoms with van der Waals surface area (Å²) in [5.74, 6) is -0.761. The summed E-state index contributed by atoms with van der Waals surface area (Å²) in [5, 5.41) is 9.05. The summed E-state index contributed by atoms with van der Waals surface area (Å²) in [4.78, 5) is 11.4. The molecule has 0 bridgehead atoms. The highest BCUT2D eigenvalue weighted by Gasteiger charge is 2.18. The Morgan fingerprint density at radius 1 is 1.53 bits per heavy atom. The Bertz CT molecular complexity index is 514. The molecule has 0 aliphatic heterocycles. The summed E-state index contributed by atoms with van der Waals surface area (Å²) in [7, 11) is 0. The minimum absolute atomic E-state index is 0.0692. The average molecular weight is 381 g/mol. The van der Waals surface area contributed by atoms with Gasteiger partial charge >= 0.3 is 12.6 Å². The lowest BCUT2D eigenvalue weighted by molar-refractivity contribution is -0.142. The molecule has 0 saturated carbocycles. The Hall–Kier alpha value is -1.43. The molecule has 7 heteroatoms. The lowest BCUT2D eigenvalue weighted by Gasteiger charge is -2.11. The van der Waals surface area contributed by atoms with Gasteiger partial charge in [-0.1, -0.05) is 0 Å². The Labute approximate surface area is 122 Å². The molecular weight excluding hydrogens is 371 g/mol. The normalized spacial score (nSPS) is 10.1. The lowest BCUT2D eigenvalue weighted by Crippen LogP contribution is -2.12. The van der Waals surface area contributed by atoms with Gasteiger partial charge in [0, 0.05) is 3.57 Å². The second-order valence-corrected chi connectivity index (χ2v) is 4.53. The molecule has 1 rings (SSSR count). The summed E-state index contributed by atoms with van der Waals surface area (Å²) in [6, 6.07) is 4.57. The van der Waals surface area contributed by atoms with E-state index in [4.69, 9.17) is 10.00 Å². The van der Waals surface area contributed by atoms with Crippen molar-refractivity contribution in [3.63, 3.8) is 0 Å². The zero-order valence-electron chi connectivity index (χ0n) is 9.95. The van der Waals surface area contributed by atoms with E-state index < -0.39 is 12.6 Å². The van der Waals surface area contributed by atoms with Crippen molar-refractivity contribution in [2.75, 3.05) is 6.61 Å². The minimum atomic E-state index is -3.03. The third-order valence-corrected chi connectivity index (χ3v) is 3.18. The van der Waals surface area contributed by atoms with Crippen LogP contribution >= 0.6 is 22.6 Å². The van der Waals surface area contributed by atoms with Crippen LogP contribution in [0.2, 0.25) is 0 Å². The van der Waals surface area contributed by atoms with Crippen LogP contribution in [0.15, 0.2) is 12.1 Å². The number of esters is 1. The lowest BCUT2D eigenvalue weighted by atomic mass is 10.0. The van der Waals surface area contributed by atoms with Gasteiger partial charge in [-0.05, 0) is 47.2 Å². The van der Waals surface area contributed by atoms with Gasteiger partial charge < -0.3 is 9.47 Å². The number of carbonyl (C=O) groups excluding carboxylic acids is 1. The van der Waals surface area contributed by atoms with E-state index in [1.54, 1.807) is 13.0 Å². The van der Waals surface area contributed by atoms with Crippen molar-refractivity contribution in [3.8, 4) is 11.8 Å². The van der Waals surface area contributed by atoms with Crippen molar-refractivity contribution in [1.29, 1.82) is 5.26 Å². The zero-order valence-corrected chi connectivity index (χ0v) is 12.1. The molecule has 0 unspecified atom stereocenters. The van der Waals surface area contributed by atoms with E-state index in [1.165, 1.54) is 12.1 Å². The molecular formula is C12H10F2INO3. The van der Waals surface area contributed by atoms with E-state index in [9.17, 15) is 13.6 Å². The predicted molar refractivity (Wildman–Crippen MR) is 70.8 cm³/mol. The van der Waals surface area contributed by atoms with E-state index in [1.807, 2.05) is 22.6 Å². The standard InChI is InChI=1S/C12H10F2INO3/c1-2-18-11(17)5-7-8(6-16)10(19-12(13)14)4-3-9(7)15/h3-4,12H,2,5H2,1H3. The van der Waals surface area contributed by atoms with Crippen molar-refractivity contribution >= 4 is 28.6 Å². The van der Waals surface area contributed by atoms with E-state index in [2.05, 4.69) is 4.74 Å². The molecule has 102 valence electrons. The van der Waals surface area contributed by atoms with E-state index >= 15 is 0 Å². The fourth-order valence-electron chi connectivity index (χ4n) is 1.45. The number of benzene rings is 1. The second kappa shape index (κ2) is 7.23. The molecule has 0 radical (unpaired) electrons. The molecule has 0 atom stereocenters. The van der Waals surface area contributed by atoms with Gasteiger partial charge in [-0.3, -0.25) is 4.79 Å². The van der Waals surface area contributed by atoms with Crippen molar-refractivity contribution in [2.24, 2.45) is 0 Å². The number of hydrogen-bond acceptors (Lipinski definition) is 4. The maximum absolute atomic E-state index is 12.2. The van der Waals surface area contributed by atoms with Gasteiger partial charge in [0.15, 0.2) is 0 Å². The van der Waals surface area contributed by atoms with Crippen molar-refractivity contribution in [1.82, 2.24) is 0 Å². The Balaban J connectivity index is 3.14. The minimum Gasteiger partial charge on any atom is -0.466 e. The van der Waals surface area contributed by atoms with Crippen LogP contribution in [0.25, 0.3) is 0 Å². The molecule has 0 aromatic heterocycles. The van der Waals surface area contributed by atoms with Gasteiger partial charge in [-0.2, -0.15) is 14.0 Å². The highest BCUT2D eigenvalue weighted by molar-refractivity contribution is 14.1. The van der Waals surface area contributed by atoms with Gasteiger partial charge in [-0.25, -0.2) is 0 Å². The third-order valence-electron chi connectivity index (χ3n) is 2.17. The Morgan fingerprint density at radius 2 is 2.21 bits per heavy atom. The molecule has 19 heavy (non-hydrogen) atoms. The number of carbonyl (C=O) groups is 1. The molecule has 0 heterocycles. The summed E-state index contributed by atoms with van der Waals surface area (Å²) in [6.07, 6.45) is -0.157. The monoisotopic (exact) mass is 381 g/mol. The van der Waals surface area contributed by atoms with Crippen LogP contribution in [0, 0.1) is 14.9 Å². The average Bonchev–Trinajstić information content (AvgIpc) is 2.33. The van der Waals surface area contributed by atoms with Crippen LogP contribution in [0.1, 0.15) is 18.1 Å². The molecule has 0 spiro atoms. The molecule has 0 aliphatic carbocycles. The van der Waals surface area contributed by atoms with Crippen LogP contribution in [-0.4, -0.2) is 19.2 Å². The van der Waals surface area contributed by atoms with Gasteiger partial charge in [0.2, 0.25) is 0 Å². The highest BCUT2D eigenvalue weighted by atomic mass is 127. The fourth-order valence-corrected chi connectivity index (χ4v) is 2.09. The van der Waals surface area contributed by atoms with Gasteiger partial charge in [0.05, 0.1) is 18.6 Å². The Kier molecular flexibility index (Phi) is 5.95. The first-order valence-electron chi connectivity index (χ1n) is 5.31. The first kappa shape index (κ1) is 15.6. The molecule has 0 amide bonds. The first-order chi connectivity index (χ1) is 8.99. The number of nitriles is 1. The predicted octanol–water partition coefficient (Wildman–Crippen LogP) is 2.87. The van der Waals surface area contributed by atoms with Gasteiger partial charge in [-0.15, -0.1) is 0 Å². The summed E-state index contributed by atoms with van der Waals surface area (Å²) >= 11 is 1.92. The highest BCUT2D eigenvalue weighted by Crippen LogP contribution is 2.28. The first-order valence-corrected chi connectivity index (χ1v) is 6.39. The molecule has 1 aromatic rings. The third kappa shape index (κ3) is 4.31.